The highest BCUT2D eigenvalue weighted by atomic mass is 32.1. The molecule has 0 saturated carbocycles. The standard InChI is InChI=1S/C13H16N2O4S/c1-13(2)5-8(12(18)19-13)15(3)11(17)9-4-7(6-20-9)10(14)16/h4,6,8H,5H2,1-3H3,(H2,14,16). The molecule has 6 nitrogen and oxygen atoms in total. The van der Waals surface area contributed by atoms with Crippen molar-refractivity contribution in [3.63, 3.8) is 0 Å². The second-order valence-electron chi connectivity index (χ2n) is 5.38. The number of hydrogen-bond acceptors (Lipinski definition) is 5. The number of carbonyl (C=O) groups is 3. The highest BCUT2D eigenvalue weighted by molar-refractivity contribution is 7.12. The van der Waals surface area contributed by atoms with Gasteiger partial charge < -0.3 is 15.4 Å². The second-order valence-corrected chi connectivity index (χ2v) is 6.29. The van der Waals surface area contributed by atoms with Gasteiger partial charge in [0.1, 0.15) is 11.6 Å². The number of rotatable bonds is 3. The Labute approximate surface area is 120 Å². The first kappa shape index (κ1) is 14.5. The van der Waals surface area contributed by atoms with Crippen LogP contribution >= 0.6 is 11.3 Å². The van der Waals surface area contributed by atoms with E-state index in [0.717, 1.165) is 11.3 Å². The van der Waals surface area contributed by atoms with Crippen LogP contribution in [0, 0.1) is 0 Å². The summed E-state index contributed by atoms with van der Waals surface area (Å²) in [4.78, 5) is 36.9. The van der Waals surface area contributed by atoms with E-state index in [0.29, 0.717) is 16.9 Å². The van der Waals surface area contributed by atoms with Crippen molar-refractivity contribution in [2.75, 3.05) is 7.05 Å². The van der Waals surface area contributed by atoms with Crippen LogP contribution in [0.4, 0.5) is 0 Å². The van der Waals surface area contributed by atoms with Gasteiger partial charge in [0.25, 0.3) is 5.91 Å². The summed E-state index contributed by atoms with van der Waals surface area (Å²) < 4.78 is 5.21. The van der Waals surface area contributed by atoms with Gasteiger partial charge in [0, 0.05) is 18.8 Å². The van der Waals surface area contributed by atoms with Crippen molar-refractivity contribution in [3.05, 3.63) is 21.9 Å². The van der Waals surface area contributed by atoms with Crippen LogP contribution in [0.15, 0.2) is 11.4 Å². The number of primary amides is 1. The van der Waals surface area contributed by atoms with Crippen LogP contribution in [0.5, 0.6) is 0 Å². The number of carbonyl (C=O) groups excluding carboxylic acids is 3. The Bertz CT molecular complexity index is 579. The Balaban J connectivity index is 2.16. The van der Waals surface area contributed by atoms with Crippen LogP contribution in [-0.4, -0.2) is 41.4 Å². The molecule has 2 heterocycles. The van der Waals surface area contributed by atoms with E-state index in [2.05, 4.69) is 0 Å². The Hall–Kier alpha value is -1.89. The lowest BCUT2D eigenvalue weighted by atomic mass is 10.0. The van der Waals surface area contributed by atoms with Crippen LogP contribution in [0.1, 0.15) is 40.3 Å². The summed E-state index contributed by atoms with van der Waals surface area (Å²) in [6.45, 7) is 3.61. The van der Waals surface area contributed by atoms with Crippen molar-refractivity contribution >= 4 is 29.1 Å². The van der Waals surface area contributed by atoms with Gasteiger partial charge in [-0.15, -0.1) is 11.3 Å². The number of cyclic esters (lactones) is 1. The van der Waals surface area contributed by atoms with E-state index < -0.39 is 23.5 Å². The van der Waals surface area contributed by atoms with Gasteiger partial charge >= 0.3 is 5.97 Å². The monoisotopic (exact) mass is 296 g/mol. The molecule has 2 amide bonds. The normalized spacial score (nSPS) is 20.6. The first-order valence-electron chi connectivity index (χ1n) is 6.09. The van der Waals surface area contributed by atoms with Crippen LogP contribution in [0.3, 0.4) is 0 Å². The number of nitrogens with zero attached hydrogens (tertiary/aromatic N) is 1. The average molecular weight is 296 g/mol. The maximum Gasteiger partial charge on any atom is 0.329 e. The van der Waals surface area contributed by atoms with Crippen molar-refractivity contribution in [3.8, 4) is 0 Å². The molecule has 1 aliphatic rings. The number of nitrogens with two attached hydrogens (primary N) is 1. The molecule has 0 aliphatic carbocycles. The molecule has 1 fully saturated rings. The maximum absolute atomic E-state index is 12.3. The number of likely N-dealkylation sites (N-methyl/N-ethyl adjacent to an activating group) is 1. The molecular weight excluding hydrogens is 280 g/mol. The molecule has 0 aromatic carbocycles. The molecule has 1 atom stereocenters. The minimum Gasteiger partial charge on any atom is -0.458 e. The van der Waals surface area contributed by atoms with Crippen LogP contribution in [-0.2, 0) is 9.53 Å². The van der Waals surface area contributed by atoms with Gasteiger partial charge in [-0.25, -0.2) is 4.79 Å². The number of esters is 1. The zero-order valence-corrected chi connectivity index (χ0v) is 12.3. The first-order chi connectivity index (χ1) is 9.21. The fourth-order valence-corrected chi connectivity index (χ4v) is 3.00. The van der Waals surface area contributed by atoms with Crippen LogP contribution in [0.2, 0.25) is 0 Å². The van der Waals surface area contributed by atoms with Gasteiger partial charge in [-0.3, -0.25) is 9.59 Å². The van der Waals surface area contributed by atoms with Gasteiger partial charge in [0.05, 0.1) is 10.4 Å². The molecule has 7 heteroatoms. The molecule has 1 saturated heterocycles. The fraction of sp³-hybridized carbons (Fsp3) is 0.462. The van der Waals surface area contributed by atoms with Crippen molar-refractivity contribution in [1.29, 1.82) is 0 Å². The SMILES string of the molecule is CN(C(=O)c1cc(C(N)=O)cs1)C1CC(C)(C)OC1=O. The van der Waals surface area contributed by atoms with E-state index in [4.69, 9.17) is 10.5 Å². The third kappa shape index (κ3) is 2.67. The summed E-state index contributed by atoms with van der Waals surface area (Å²) in [5.74, 6) is -1.30. The zero-order valence-electron chi connectivity index (χ0n) is 11.5. The lowest BCUT2D eigenvalue weighted by molar-refractivity contribution is -0.148. The molecule has 0 spiro atoms. The molecule has 1 unspecified atom stereocenters. The predicted octanol–water partition coefficient (Wildman–Crippen LogP) is 1.01. The average Bonchev–Trinajstić information content (AvgIpc) is 2.92. The maximum atomic E-state index is 12.3. The summed E-state index contributed by atoms with van der Waals surface area (Å²) in [5, 5.41) is 1.53. The molecule has 1 aromatic heterocycles. The number of ether oxygens (including phenoxy) is 1. The van der Waals surface area contributed by atoms with E-state index in [9.17, 15) is 14.4 Å². The Morgan fingerprint density at radius 1 is 1.50 bits per heavy atom. The quantitative estimate of drug-likeness (QED) is 0.843. The summed E-state index contributed by atoms with van der Waals surface area (Å²) in [7, 11) is 1.55. The molecule has 0 bridgehead atoms. The third-order valence-electron chi connectivity index (χ3n) is 3.22. The number of amides is 2. The minimum atomic E-state index is -0.600. The Morgan fingerprint density at radius 3 is 2.60 bits per heavy atom. The summed E-state index contributed by atoms with van der Waals surface area (Å²) in [6.07, 6.45) is 0.447. The molecule has 1 aromatic rings. The van der Waals surface area contributed by atoms with E-state index >= 15 is 0 Å². The highest BCUT2D eigenvalue weighted by Gasteiger charge is 2.43. The lowest BCUT2D eigenvalue weighted by Crippen LogP contribution is -2.39. The lowest BCUT2D eigenvalue weighted by Gasteiger charge is -2.21. The smallest absolute Gasteiger partial charge is 0.329 e. The number of thiophene rings is 1. The van der Waals surface area contributed by atoms with E-state index in [1.54, 1.807) is 20.9 Å². The fourth-order valence-electron chi connectivity index (χ4n) is 2.12. The van der Waals surface area contributed by atoms with Crippen molar-refractivity contribution < 1.29 is 19.1 Å². The van der Waals surface area contributed by atoms with Crippen molar-refractivity contribution in [2.24, 2.45) is 5.73 Å². The van der Waals surface area contributed by atoms with Gasteiger partial charge in [0.2, 0.25) is 5.91 Å². The molecule has 2 rings (SSSR count). The molecule has 1 aliphatic heterocycles. The first-order valence-corrected chi connectivity index (χ1v) is 6.97. The van der Waals surface area contributed by atoms with Crippen LogP contribution < -0.4 is 5.73 Å². The molecule has 2 N–H and O–H groups in total. The van der Waals surface area contributed by atoms with Gasteiger partial charge in [-0.05, 0) is 19.9 Å². The molecular formula is C13H16N2O4S. The molecule has 20 heavy (non-hydrogen) atoms. The van der Waals surface area contributed by atoms with Gasteiger partial charge in [0.15, 0.2) is 0 Å². The predicted molar refractivity (Wildman–Crippen MR) is 73.5 cm³/mol. The summed E-state index contributed by atoms with van der Waals surface area (Å²) in [6, 6.07) is 0.841. The largest absolute Gasteiger partial charge is 0.458 e. The van der Waals surface area contributed by atoms with E-state index in [1.165, 1.54) is 16.3 Å². The van der Waals surface area contributed by atoms with Crippen molar-refractivity contribution in [2.45, 2.75) is 31.9 Å². The summed E-state index contributed by atoms with van der Waals surface area (Å²) in [5.41, 5.74) is 4.88. The summed E-state index contributed by atoms with van der Waals surface area (Å²) >= 11 is 1.13. The third-order valence-corrected chi connectivity index (χ3v) is 4.13. The Kier molecular flexibility index (Phi) is 3.56. The topological polar surface area (TPSA) is 89.7 Å². The highest BCUT2D eigenvalue weighted by Crippen LogP contribution is 2.29. The minimum absolute atomic E-state index is 0.293. The zero-order chi connectivity index (χ0) is 15.1. The Morgan fingerprint density at radius 2 is 2.15 bits per heavy atom. The van der Waals surface area contributed by atoms with Gasteiger partial charge in [-0.1, -0.05) is 0 Å². The van der Waals surface area contributed by atoms with Crippen molar-refractivity contribution in [1.82, 2.24) is 4.90 Å². The van der Waals surface area contributed by atoms with Crippen LogP contribution in [0.25, 0.3) is 0 Å². The van der Waals surface area contributed by atoms with Gasteiger partial charge in [-0.2, -0.15) is 0 Å². The van der Waals surface area contributed by atoms with E-state index in [-0.39, 0.29) is 5.91 Å². The second kappa shape index (κ2) is 4.90. The molecule has 0 radical (unpaired) electrons. The molecule has 108 valence electrons. The van der Waals surface area contributed by atoms with E-state index in [1.807, 2.05) is 0 Å². The number of hydrogen-bond donors (Lipinski definition) is 1.